The number of anilines is 2. The zero-order valence-electron chi connectivity index (χ0n) is 16.8. The Morgan fingerprint density at radius 1 is 1.03 bits per heavy atom. The maximum atomic E-state index is 12.9. The Morgan fingerprint density at radius 2 is 1.73 bits per heavy atom. The number of hydrogen-bond donors (Lipinski definition) is 2. The second-order valence-electron chi connectivity index (χ2n) is 7.76. The maximum Gasteiger partial charge on any atom is 0.307 e. The van der Waals surface area contributed by atoms with Crippen LogP contribution in [-0.4, -0.2) is 30.5 Å². The quantitative estimate of drug-likeness (QED) is 0.735. The summed E-state index contributed by atoms with van der Waals surface area (Å²) in [7, 11) is 1.56. The Bertz CT molecular complexity index is 981. The van der Waals surface area contributed by atoms with Gasteiger partial charge in [0.25, 0.3) is 5.91 Å². The minimum Gasteiger partial charge on any atom is -0.497 e. The van der Waals surface area contributed by atoms with Crippen LogP contribution in [0.15, 0.2) is 48.5 Å². The third kappa shape index (κ3) is 4.01. The molecule has 1 atom stereocenters. The lowest BCUT2D eigenvalue weighted by Gasteiger charge is -2.27. The topological polar surface area (TPSA) is 93.7 Å². The number of rotatable bonds is 5. The van der Waals surface area contributed by atoms with E-state index in [1.54, 1.807) is 55.6 Å². The maximum absolute atomic E-state index is 12.9. The molecule has 7 heteroatoms. The standard InChI is InChI=1S/C23H24N2O5/c1-29-18-9-5-8-17(13-18)24-21(27)15-6-4-7-16(12-15)25-22(28)19-14-20(26)30-23(19)10-2-3-11-23/h4-9,12-13,19H,2-3,10-11,14H2,1H3,(H,24,27)(H,25,28). The van der Waals surface area contributed by atoms with Gasteiger partial charge in [-0.2, -0.15) is 0 Å². The molecular formula is C23H24N2O5. The number of amides is 2. The first-order valence-electron chi connectivity index (χ1n) is 10.1. The molecule has 1 aliphatic heterocycles. The fourth-order valence-corrected chi connectivity index (χ4v) is 4.32. The van der Waals surface area contributed by atoms with Crippen LogP contribution < -0.4 is 15.4 Å². The predicted octanol–water partition coefficient (Wildman–Crippen LogP) is 3.76. The van der Waals surface area contributed by atoms with Gasteiger partial charge in [0.1, 0.15) is 11.4 Å². The van der Waals surface area contributed by atoms with Gasteiger partial charge in [-0.3, -0.25) is 14.4 Å². The molecule has 2 aromatic rings. The van der Waals surface area contributed by atoms with Crippen molar-refractivity contribution in [2.45, 2.75) is 37.7 Å². The average Bonchev–Trinajstić information content (AvgIpc) is 3.34. The Hall–Kier alpha value is -3.35. The first kappa shape index (κ1) is 19.9. The molecule has 1 spiro atoms. The fraction of sp³-hybridized carbons (Fsp3) is 0.348. The van der Waals surface area contributed by atoms with Crippen molar-refractivity contribution in [3.05, 3.63) is 54.1 Å². The molecule has 30 heavy (non-hydrogen) atoms. The molecule has 156 valence electrons. The molecule has 4 rings (SSSR count). The molecule has 1 saturated carbocycles. The number of hydrogen-bond acceptors (Lipinski definition) is 5. The first-order valence-corrected chi connectivity index (χ1v) is 10.1. The van der Waals surface area contributed by atoms with Crippen molar-refractivity contribution in [3.8, 4) is 5.75 Å². The van der Waals surface area contributed by atoms with E-state index in [1.165, 1.54) is 0 Å². The molecule has 0 bridgehead atoms. The first-order chi connectivity index (χ1) is 14.5. The molecule has 1 aliphatic carbocycles. The van der Waals surface area contributed by atoms with Crippen LogP contribution in [0.4, 0.5) is 11.4 Å². The number of carbonyl (C=O) groups excluding carboxylic acids is 3. The minimum absolute atomic E-state index is 0.0991. The molecule has 2 aliphatic rings. The van der Waals surface area contributed by atoms with Crippen LogP contribution in [0.1, 0.15) is 42.5 Å². The van der Waals surface area contributed by atoms with Gasteiger partial charge in [0.2, 0.25) is 5.91 Å². The summed E-state index contributed by atoms with van der Waals surface area (Å²) < 4.78 is 10.7. The van der Waals surface area contributed by atoms with Gasteiger partial charge in [0, 0.05) is 23.0 Å². The molecule has 2 fully saturated rings. The summed E-state index contributed by atoms with van der Waals surface area (Å²) in [5.74, 6) is -0.715. The molecule has 7 nitrogen and oxygen atoms in total. The van der Waals surface area contributed by atoms with Crippen molar-refractivity contribution in [2.24, 2.45) is 5.92 Å². The summed E-state index contributed by atoms with van der Waals surface area (Å²) in [5, 5.41) is 5.68. The molecule has 2 amide bonds. The van der Waals surface area contributed by atoms with Gasteiger partial charge in [0.05, 0.1) is 19.4 Å². The number of benzene rings is 2. The van der Waals surface area contributed by atoms with E-state index in [0.29, 0.717) is 22.7 Å². The van der Waals surface area contributed by atoms with Crippen molar-refractivity contribution in [1.29, 1.82) is 0 Å². The van der Waals surface area contributed by atoms with Crippen molar-refractivity contribution >= 4 is 29.2 Å². The number of carbonyl (C=O) groups is 3. The Balaban J connectivity index is 1.46. The highest BCUT2D eigenvalue weighted by molar-refractivity contribution is 6.05. The summed E-state index contributed by atoms with van der Waals surface area (Å²) in [6.45, 7) is 0. The van der Waals surface area contributed by atoms with Crippen LogP contribution in [0.5, 0.6) is 5.75 Å². The highest BCUT2D eigenvalue weighted by Crippen LogP contribution is 2.45. The lowest BCUT2D eigenvalue weighted by Crippen LogP contribution is -2.39. The fourth-order valence-electron chi connectivity index (χ4n) is 4.32. The van der Waals surface area contributed by atoms with Crippen LogP contribution in [0.3, 0.4) is 0 Å². The van der Waals surface area contributed by atoms with E-state index in [1.807, 2.05) is 0 Å². The van der Waals surface area contributed by atoms with Gasteiger partial charge >= 0.3 is 5.97 Å². The molecule has 0 radical (unpaired) electrons. The van der Waals surface area contributed by atoms with Gasteiger partial charge in [-0.1, -0.05) is 12.1 Å². The van der Waals surface area contributed by atoms with Crippen molar-refractivity contribution in [1.82, 2.24) is 0 Å². The lowest BCUT2D eigenvalue weighted by atomic mass is 9.85. The Labute approximate surface area is 174 Å². The van der Waals surface area contributed by atoms with E-state index in [2.05, 4.69) is 10.6 Å². The predicted molar refractivity (Wildman–Crippen MR) is 111 cm³/mol. The highest BCUT2D eigenvalue weighted by Gasteiger charge is 2.53. The SMILES string of the molecule is COc1cccc(NC(=O)c2cccc(NC(=O)C3CC(=O)OC34CCCC4)c2)c1. The molecule has 2 aromatic carbocycles. The molecule has 2 N–H and O–H groups in total. The Kier molecular flexibility index (Phi) is 5.44. The van der Waals surface area contributed by atoms with E-state index in [4.69, 9.17) is 9.47 Å². The smallest absolute Gasteiger partial charge is 0.307 e. The van der Waals surface area contributed by atoms with Gasteiger partial charge < -0.3 is 20.1 Å². The number of esters is 1. The van der Waals surface area contributed by atoms with Gasteiger partial charge in [-0.25, -0.2) is 0 Å². The van der Waals surface area contributed by atoms with E-state index in [0.717, 1.165) is 25.7 Å². The van der Waals surface area contributed by atoms with E-state index >= 15 is 0 Å². The zero-order chi connectivity index (χ0) is 21.1. The molecule has 1 heterocycles. The summed E-state index contributed by atoms with van der Waals surface area (Å²) in [6.07, 6.45) is 3.45. The largest absolute Gasteiger partial charge is 0.497 e. The minimum atomic E-state index is -0.664. The average molecular weight is 408 g/mol. The van der Waals surface area contributed by atoms with E-state index in [-0.39, 0.29) is 24.2 Å². The molecule has 0 aromatic heterocycles. The van der Waals surface area contributed by atoms with Crippen molar-refractivity contribution in [2.75, 3.05) is 17.7 Å². The monoisotopic (exact) mass is 408 g/mol. The Morgan fingerprint density at radius 3 is 2.47 bits per heavy atom. The van der Waals surface area contributed by atoms with Gasteiger partial charge in [-0.05, 0) is 56.0 Å². The summed E-state index contributed by atoms with van der Waals surface area (Å²) in [6, 6.07) is 13.8. The number of ether oxygens (including phenoxy) is 2. The third-order valence-electron chi connectivity index (χ3n) is 5.81. The van der Waals surface area contributed by atoms with Crippen molar-refractivity contribution in [3.63, 3.8) is 0 Å². The van der Waals surface area contributed by atoms with Gasteiger partial charge in [-0.15, -0.1) is 0 Å². The second kappa shape index (κ2) is 8.18. The van der Waals surface area contributed by atoms with Crippen LogP contribution in [0, 0.1) is 5.92 Å². The van der Waals surface area contributed by atoms with Gasteiger partial charge in [0.15, 0.2) is 0 Å². The van der Waals surface area contributed by atoms with Crippen LogP contribution >= 0.6 is 0 Å². The highest BCUT2D eigenvalue weighted by atomic mass is 16.6. The lowest BCUT2D eigenvalue weighted by molar-refractivity contribution is -0.149. The summed E-state index contributed by atoms with van der Waals surface area (Å²) in [4.78, 5) is 37.4. The summed E-state index contributed by atoms with van der Waals surface area (Å²) >= 11 is 0. The third-order valence-corrected chi connectivity index (χ3v) is 5.81. The molecule has 1 unspecified atom stereocenters. The molecular weight excluding hydrogens is 384 g/mol. The second-order valence-corrected chi connectivity index (χ2v) is 7.76. The van der Waals surface area contributed by atoms with Crippen molar-refractivity contribution < 1.29 is 23.9 Å². The normalized spacial score (nSPS) is 19.4. The van der Waals surface area contributed by atoms with E-state index < -0.39 is 11.5 Å². The summed E-state index contributed by atoms with van der Waals surface area (Å²) in [5.41, 5.74) is 0.858. The van der Waals surface area contributed by atoms with E-state index in [9.17, 15) is 14.4 Å². The number of methoxy groups -OCH3 is 1. The van der Waals surface area contributed by atoms with Crippen LogP contribution in [0.25, 0.3) is 0 Å². The molecule has 1 saturated heterocycles. The zero-order valence-corrected chi connectivity index (χ0v) is 16.8. The van der Waals surface area contributed by atoms with Crippen LogP contribution in [0.2, 0.25) is 0 Å². The van der Waals surface area contributed by atoms with Crippen LogP contribution in [-0.2, 0) is 14.3 Å². The number of nitrogens with one attached hydrogen (secondary N) is 2.